The van der Waals surface area contributed by atoms with Crippen LogP contribution in [0.15, 0.2) is 49.2 Å². The van der Waals surface area contributed by atoms with Crippen LogP contribution in [0.1, 0.15) is 52.6 Å². The average Bonchev–Trinajstić information content (AvgIpc) is 3.47. The monoisotopic (exact) mass is 529 g/mol. The van der Waals surface area contributed by atoms with E-state index >= 15 is 4.39 Å². The number of carbonyl (C=O) groups is 1. The number of carbonyl (C=O) groups excluding carboxylic acids is 1. The van der Waals surface area contributed by atoms with Gasteiger partial charge in [0.2, 0.25) is 0 Å². The number of hydrogen-bond donors (Lipinski definition) is 1. The van der Waals surface area contributed by atoms with E-state index in [0.29, 0.717) is 24.2 Å². The SMILES string of the molecule is COc1ccc(-n2cnnn2)c(CNC(=O)c2cn3c(n2)OCC3c2cn3cc(C4C[C@@H]4C)ccc3n2)c1F. The van der Waals surface area contributed by atoms with Crippen LogP contribution >= 0.6 is 0 Å². The summed E-state index contributed by atoms with van der Waals surface area (Å²) < 4.78 is 31.2. The van der Waals surface area contributed by atoms with Crippen molar-refractivity contribution in [3.05, 3.63) is 77.5 Å². The molecular weight excluding hydrogens is 505 g/mol. The quantitative estimate of drug-likeness (QED) is 0.341. The van der Waals surface area contributed by atoms with Gasteiger partial charge in [0.1, 0.15) is 30.3 Å². The van der Waals surface area contributed by atoms with Crippen molar-refractivity contribution in [2.75, 3.05) is 13.7 Å². The molecule has 0 spiro atoms. The molecular formula is C26H24FN9O3. The predicted octanol–water partition coefficient (Wildman–Crippen LogP) is 2.69. The number of benzene rings is 1. The number of fused-ring (bicyclic) bond motifs is 2. The Hall–Kier alpha value is -4.81. The van der Waals surface area contributed by atoms with Gasteiger partial charge < -0.3 is 19.2 Å². The van der Waals surface area contributed by atoms with Crippen LogP contribution < -0.4 is 14.8 Å². The summed E-state index contributed by atoms with van der Waals surface area (Å²) in [5.41, 5.74) is 3.69. The minimum Gasteiger partial charge on any atom is -0.494 e. The Morgan fingerprint density at radius 3 is 2.85 bits per heavy atom. The molecule has 1 aliphatic heterocycles. The van der Waals surface area contributed by atoms with Gasteiger partial charge in [-0.1, -0.05) is 13.0 Å². The molecule has 0 radical (unpaired) electrons. The fourth-order valence-corrected chi connectivity index (χ4v) is 5.13. The lowest BCUT2D eigenvalue weighted by atomic mass is 10.1. The zero-order valence-electron chi connectivity index (χ0n) is 21.2. The summed E-state index contributed by atoms with van der Waals surface area (Å²) >= 11 is 0. The number of nitrogens with one attached hydrogen (secondary N) is 1. The lowest BCUT2D eigenvalue weighted by Gasteiger charge is -2.13. The second-order valence-corrected chi connectivity index (χ2v) is 9.87. The van der Waals surface area contributed by atoms with E-state index in [9.17, 15) is 4.79 Å². The van der Waals surface area contributed by atoms with Gasteiger partial charge in [-0.25, -0.2) is 14.1 Å². The third-order valence-electron chi connectivity index (χ3n) is 7.43. The van der Waals surface area contributed by atoms with Crippen molar-refractivity contribution in [3.8, 4) is 17.4 Å². The van der Waals surface area contributed by atoms with Crippen molar-refractivity contribution >= 4 is 11.6 Å². The van der Waals surface area contributed by atoms with Gasteiger partial charge in [0.25, 0.3) is 11.9 Å². The molecule has 3 atom stereocenters. The number of hydrogen-bond acceptors (Lipinski definition) is 8. The topological polar surface area (TPSA) is 126 Å². The molecule has 12 nitrogen and oxygen atoms in total. The van der Waals surface area contributed by atoms with Gasteiger partial charge >= 0.3 is 0 Å². The van der Waals surface area contributed by atoms with Gasteiger partial charge in [-0.15, -0.1) is 5.10 Å². The molecule has 2 aliphatic rings. The maximum absolute atomic E-state index is 15.1. The molecule has 198 valence electrons. The molecule has 5 aromatic rings. The van der Waals surface area contributed by atoms with E-state index < -0.39 is 11.7 Å². The molecule has 2 unspecified atom stereocenters. The Labute approximate surface area is 221 Å². The number of methoxy groups -OCH3 is 1. The summed E-state index contributed by atoms with van der Waals surface area (Å²) in [4.78, 5) is 22.2. The molecule has 39 heavy (non-hydrogen) atoms. The van der Waals surface area contributed by atoms with E-state index in [1.54, 1.807) is 16.8 Å². The van der Waals surface area contributed by atoms with Crippen LogP contribution in [0, 0.1) is 11.7 Å². The summed E-state index contributed by atoms with van der Waals surface area (Å²) in [5.74, 6) is 0.277. The van der Waals surface area contributed by atoms with Gasteiger partial charge in [0.15, 0.2) is 11.6 Å². The molecule has 1 saturated carbocycles. The third-order valence-corrected chi connectivity index (χ3v) is 7.43. The Kier molecular flexibility index (Phi) is 5.32. The van der Waals surface area contributed by atoms with Crippen LogP contribution in [-0.2, 0) is 6.54 Å². The molecule has 13 heteroatoms. The molecule has 1 amide bonds. The Morgan fingerprint density at radius 2 is 2.08 bits per heavy atom. The van der Waals surface area contributed by atoms with Gasteiger partial charge in [-0.3, -0.25) is 9.36 Å². The second kappa shape index (κ2) is 8.89. The number of tetrazole rings is 1. The summed E-state index contributed by atoms with van der Waals surface area (Å²) in [6, 6.07) is 7.38. The average molecular weight is 530 g/mol. The standard InChI is InChI=1S/C26H24FN9O3/c1-14-7-16(14)15-3-6-23-30-18(10-34(23)9-15)21-12-39-26-31-19(11-35(21)26)25(37)28-8-17-20(36-13-29-32-33-36)4-5-22(38-2)24(17)27/h3-6,9-11,13-14,16,21H,7-8,12H2,1-2H3,(H,28,37)/t14-,16?,21?/m0/s1. The highest BCUT2D eigenvalue weighted by molar-refractivity contribution is 5.92. The van der Waals surface area contributed by atoms with Crippen LogP contribution in [0.3, 0.4) is 0 Å². The Balaban J connectivity index is 1.11. The Morgan fingerprint density at radius 1 is 1.21 bits per heavy atom. The third kappa shape index (κ3) is 3.97. The highest BCUT2D eigenvalue weighted by atomic mass is 19.1. The lowest BCUT2D eigenvalue weighted by molar-refractivity contribution is 0.0945. The minimum absolute atomic E-state index is 0.0412. The van der Waals surface area contributed by atoms with Gasteiger partial charge in [0, 0.05) is 30.7 Å². The zero-order chi connectivity index (χ0) is 26.7. The summed E-state index contributed by atoms with van der Waals surface area (Å²) in [6.07, 6.45) is 8.34. The van der Waals surface area contributed by atoms with Crippen LogP contribution in [0.25, 0.3) is 11.3 Å². The van der Waals surface area contributed by atoms with Gasteiger partial charge in [0.05, 0.1) is 18.5 Å². The van der Waals surface area contributed by atoms with Crippen molar-refractivity contribution in [3.63, 3.8) is 0 Å². The fraction of sp³-hybridized carbons (Fsp3) is 0.308. The van der Waals surface area contributed by atoms with Crippen LogP contribution in [-0.4, -0.2) is 58.8 Å². The van der Waals surface area contributed by atoms with Crippen LogP contribution in [0.4, 0.5) is 4.39 Å². The number of rotatable bonds is 7. The zero-order valence-corrected chi connectivity index (χ0v) is 21.2. The molecule has 5 heterocycles. The maximum Gasteiger partial charge on any atom is 0.297 e. The van der Waals surface area contributed by atoms with E-state index in [1.165, 1.54) is 36.2 Å². The minimum atomic E-state index is -0.618. The number of pyridine rings is 1. The van der Waals surface area contributed by atoms with Crippen LogP contribution in [0.2, 0.25) is 0 Å². The van der Waals surface area contributed by atoms with E-state index in [0.717, 1.165) is 17.3 Å². The van der Waals surface area contributed by atoms with E-state index in [1.807, 2.05) is 16.7 Å². The Bertz CT molecular complexity index is 1710. The van der Waals surface area contributed by atoms with Crippen molar-refractivity contribution in [1.82, 2.24) is 44.5 Å². The van der Waals surface area contributed by atoms with Gasteiger partial charge in [-0.2, -0.15) is 4.98 Å². The highest BCUT2D eigenvalue weighted by Gasteiger charge is 2.35. The molecule has 1 aliphatic carbocycles. The number of ether oxygens (including phenoxy) is 2. The molecule has 1 fully saturated rings. The van der Waals surface area contributed by atoms with Crippen LogP contribution in [0.5, 0.6) is 11.8 Å². The lowest BCUT2D eigenvalue weighted by Crippen LogP contribution is -2.25. The van der Waals surface area contributed by atoms with E-state index in [-0.39, 0.29) is 29.6 Å². The largest absolute Gasteiger partial charge is 0.494 e. The first kappa shape index (κ1) is 23.3. The highest BCUT2D eigenvalue weighted by Crippen LogP contribution is 2.46. The first-order chi connectivity index (χ1) is 19.0. The number of halogens is 1. The first-order valence-corrected chi connectivity index (χ1v) is 12.6. The summed E-state index contributed by atoms with van der Waals surface area (Å²) in [5, 5.41) is 13.8. The molecule has 1 N–H and O–H groups in total. The molecule has 4 aromatic heterocycles. The molecule has 0 saturated heterocycles. The maximum atomic E-state index is 15.1. The van der Waals surface area contributed by atoms with E-state index in [4.69, 9.17) is 14.5 Å². The van der Waals surface area contributed by atoms with Gasteiger partial charge in [-0.05, 0) is 52.4 Å². The molecule has 1 aromatic carbocycles. The van der Waals surface area contributed by atoms with Crippen molar-refractivity contribution < 1.29 is 18.7 Å². The van der Waals surface area contributed by atoms with E-state index in [2.05, 4.69) is 45.0 Å². The predicted molar refractivity (Wildman–Crippen MR) is 134 cm³/mol. The first-order valence-electron chi connectivity index (χ1n) is 12.6. The number of imidazole rings is 2. The molecule has 7 rings (SSSR count). The second-order valence-electron chi connectivity index (χ2n) is 9.87. The summed E-state index contributed by atoms with van der Waals surface area (Å²) in [6.45, 7) is 2.49. The number of nitrogens with zero attached hydrogens (tertiary/aromatic N) is 8. The number of aromatic nitrogens is 8. The van der Waals surface area contributed by atoms with Crippen molar-refractivity contribution in [1.29, 1.82) is 0 Å². The molecule has 0 bridgehead atoms. The summed E-state index contributed by atoms with van der Waals surface area (Å²) in [7, 11) is 1.37. The number of amides is 1. The van der Waals surface area contributed by atoms with Crippen molar-refractivity contribution in [2.24, 2.45) is 5.92 Å². The normalized spacial score (nSPS) is 19.6. The smallest absolute Gasteiger partial charge is 0.297 e. The van der Waals surface area contributed by atoms with Crippen molar-refractivity contribution in [2.45, 2.75) is 31.8 Å². The fourth-order valence-electron chi connectivity index (χ4n) is 5.13.